The standard InChI is InChI=1S/C13H22N6O2/c1-3-14-13-18-11(10-12(19-13)17-9-16-10)15-5-4-6-21-8-7-20-2/h9H,3-8H2,1-2H3,(H3,14,15,16,17,18,19). The second-order valence-electron chi connectivity index (χ2n) is 4.41. The van der Waals surface area contributed by atoms with Crippen LogP contribution in [0.4, 0.5) is 11.8 Å². The second kappa shape index (κ2) is 8.38. The molecule has 3 N–H and O–H groups in total. The summed E-state index contributed by atoms with van der Waals surface area (Å²) >= 11 is 0. The number of rotatable bonds is 10. The number of anilines is 2. The Morgan fingerprint density at radius 1 is 1.19 bits per heavy atom. The van der Waals surface area contributed by atoms with E-state index in [1.165, 1.54) is 0 Å². The molecule has 0 aromatic carbocycles. The Morgan fingerprint density at radius 2 is 2.10 bits per heavy atom. The zero-order chi connectivity index (χ0) is 14.9. The smallest absolute Gasteiger partial charge is 0.226 e. The Morgan fingerprint density at radius 3 is 2.90 bits per heavy atom. The van der Waals surface area contributed by atoms with Crippen LogP contribution in [-0.2, 0) is 9.47 Å². The first-order chi connectivity index (χ1) is 10.3. The summed E-state index contributed by atoms with van der Waals surface area (Å²) in [6.07, 6.45) is 2.51. The molecule has 0 atom stereocenters. The summed E-state index contributed by atoms with van der Waals surface area (Å²) in [6.45, 7) is 5.47. The van der Waals surface area contributed by atoms with Crippen LogP contribution < -0.4 is 10.6 Å². The van der Waals surface area contributed by atoms with E-state index in [1.54, 1.807) is 13.4 Å². The van der Waals surface area contributed by atoms with Gasteiger partial charge in [0.2, 0.25) is 5.95 Å². The van der Waals surface area contributed by atoms with Gasteiger partial charge in [0.25, 0.3) is 0 Å². The first-order valence-corrected chi connectivity index (χ1v) is 7.10. The van der Waals surface area contributed by atoms with Gasteiger partial charge in [0.1, 0.15) is 5.52 Å². The van der Waals surface area contributed by atoms with Gasteiger partial charge in [0, 0.05) is 26.8 Å². The van der Waals surface area contributed by atoms with Gasteiger partial charge in [-0.25, -0.2) is 4.98 Å². The number of aromatic nitrogens is 4. The molecule has 0 aliphatic rings. The molecule has 2 aromatic rings. The number of nitrogens with one attached hydrogen (secondary N) is 3. The predicted octanol–water partition coefficient (Wildman–Crippen LogP) is 1.25. The average molecular weight is 294 g/mol. The van der Waals surface area contributed by atoms with E-state index < -0.39 is 0 Å². The molecule has 0 aliphatic carbocycles. The van der Waals surface area contributed by atoms with E-state index in [2.05, 4.69) is 30.6 Å². The van der Waals surface area contributed by atoms with Crippen molar-refractivity contribution in [3.05, 3.63) is 6.33 Å². The summed E-state index contributed by atoms with van der Waals surface area (Å²) < 4.78 is 10.3. The molecule has 0 aliphatic heterocycles. The molecule has 21 heavy (non-hydrogen) atoms. The van der Waals surface area contributed by atoms with Crippen molar-refractivity contribution in [2.75, 3.05) is 50.7 Å². The van der Waals surface area contributed by atoms with Gasteiger partial charge in [0.15, 0.2) is 11.5 Å². The number of H-pyrrole nitrogens is 1. The SMILES string of the molecule is CCNc1nc(NCCCOCCOC)c2[nH]cnc2n1. The molecule has 0 amide bonds. The normalized spacial score (nSPS) is 11.0. The van der Waals surface area contributed by atoms with E-state index in [0.717, 1.165) is 30.8 Å². The average Bonchev–Trinajstić information content (AvgIpc) is 2.95. The van der Waals surface area contributed by atoms with Gasteiger partial charge in [-0.3, -0.25) is 0 Å². The number of aromatic amines is 1. The maximum absolute atomic E-state index is 5.42. The van der Waals surface area contributed by atoms with E-state index >= 15 is 0 Å². The van der Waals surface area contributed by atoms with Crippen LogP contribution in [0.3, 0.4) is 0 Å². The first-order valence-electron chi connectivity index (χ1n) is 7.10. The third-order valence-corrected chi connectivity index (χ3v) is 2.81. The molecule has 0 spiro atoms. The summed E-state index contributed by atoms with van der Waals surface area (Å²) in [5.41, 5.74) is 1.47. The molecule has 2 heterocycles. The quantitative estimate of drug-likeness (QED) is 0.567. The van der Waals surface area contributed by atoms with E-state index in [-0.39, 0.29) is 0 Å². The Kier molecular flexibility index (Phi) is 6.17. The highest BCUT2D eigenvalue weighted by Crippen LogP contribution is 2.18. The summed E-state index contributed by atoms with van der Waals surface area (Å²) in [6, 6.07) is 0. The monoisotopic (exact) mass is 294 g/mol. The number of imidazole rings is 1. The fraction of sp³-hybridized carbons (Fsp3) is 0.615. The molecule has 0 unspecified atom stereocenters. The summed E-state index contributed by atoms with van der Waals surface area (Å²) in [7, 11) is 1.66. The van der Waals surface area contributed by atoms with Crippen molar-refractivity contribution < 1.29 is 9.47 Å². The van der Waals surface area contributed by atoms with Crippen LogP contribution in [0, 0.1) is 0 Å². The topological polar surface area (TPSA) is 97.0 Å². The molecule has 0 bridgehead atoms. The highest BCUT2D eigenvalue weighted by Gasteiger charge is 2.08. The molecule has 0 saturated carbocycles. The van der Waals surface area contributed by atoms with Crippen LogP contribution >= 0.6 is 0 Å². The Balaban J connectivity index is 1.87. The minimum Gasteiger partial charge on any atom is -0.382 e. The van der Waals surface area contributed by atoms with Crippen LogP contribution in [0.5, 0.6) is 0 Å². The van der Waals surface area contributed by atoms with Crippen LogP contribution in [-0.4, -0.2) is 60.0 Å². The number of ether oxygens (including phenoxy) is 2. The van der Waals surface area contributed by atoms with Crippen LogP contribution in [0.1, 0.15) is 13.3 Å². The highest BCUT2D eigenvalue weighted by atomic mass is 16.5. The van der Waals surface area contributed by atoms with Gasteiger partial charge in [-0.2, -0.15) is 9.97 Å². The number of hydrogen-bond acceptors (Lipinski definition) is 7. The Bertz CT molecular complexity index is 544. The number of methoxy groups -OCH3 is 1. The molecule has 2 aromatic heterocycles. The molecule has 116 valence electrons. The molecule has 2 rings (SSSR count). The number of fused-ring (bicyclic) bond motifs is 1. The van der Waals surface area contributed by atoms with Crippen molar-refractivity contribution in [1.29, 1.82) is 0 Å². The summed E-state index contributed by atoms with van der Waals surface area (Å²) in [5.74, 6) is 1.33. The molecule has 0 saturated heterocycles. The molecular formula is C13H22N6O2. The second-order valence-corrected chi connectivity index (χ2v) is 4.41. The zero-order valence-electron chi connectivity index (χ0n) is 12.5. The molecule has 0 radical (unpaired) electrons. The Labute approximate surface area is 123 Å². The molecule has 8 nitrogen and oxygen atoms in total. The minimum atomic E-state index is 0.580. The van der Waals surface area contributed by atoms with Gasteiger partial charge < -0.3 is 25.1 Å². The van der Waals surface area contributed by atoms with Crippen molar-refractivity contribution in [3.8, 4) is 0 Å². The molecule has 8 heteroatoms. The van der Waals surface area contributed by atoms with Crippen LogP contribution in [0.15, 0.2) is 6.33 Å². The van der Waals surface area contributed by atoms with E-state index in [1.807, 2.05) is 6.92 Å². The summed E-state index contributed by atoms with van der Waals surface area (Å²) in [4.78, 5) is 16.0. The maximum Gasteiger partial charge on any atom is 0.226 e. The van der Waals surface area contributed by atoms with Crippen LogP contribution in [0.2, 0.25) is 0 Å². The Hall–Kier alpha value is -1.93. The van der Waals surface area contributed by atoms with Gasteiger partial charge in [-0.05, 0) is 13.3 Å². The van der Waals surface area contributed by atoms with Gasteiger partial charge in [-0.15, -0.1) is 0 Å². The zero-order valence-corrected chi connectivity index (χ0v) is 12.5. The third kappa shape index (κ3) is 4.54. The predicted molar refractivity (Wildman–Crippen MR) is 81.6 cm³/mol. The van der Waals surface area contributed by atoms with Crippen molar-refractivity contribution in [2.45, 2.75) is 13.3 Å². The third-order valence-electron chi connectivity index (χ3n) is 2.81. The van der Waals surface area contributed by atoms with Gasteiger partial charge in [0.05, 0.1) is 19.5 Å². The first kappa shape index (κ1) is 15.5. The van der Waals surface area contributed by atoms with Gasteiger partial charge >= 0.3 is 0 Å². The van der Waals surface area contributed by atoms with E-state index in [0.29, 0.717) is 31.4 Å². The molecular weight excluding hydrogens is 272 g/mol. The highest BCUT2D eigenvalue weighted by molar-refractivity contribution is 5.83. The van der Waals surface area contributed by atoms with Crippen molar-refractivity contribution >= 4 is 22.9 Å². The minimum absolute atomic E-state index is 0.580. The lowest BCUT2D eigenvalue weighted by Gasteiger charge is -2.09. The van der Waals surface area contributed by atoms with E-state index in [4.69, 9.17) is 9.47 Å². The van der Waals surface area contributed by atoms with E-state index in [9.17, 15) is 0 Å². The fourth-order valence-corrected chi connectivity index (χ4v) is 1.82. The van der Waals surface area contributed by atoms with Crippen molar-refractivity contribution in [1.82, 2.24) is 19.9 Å². The van der Waals surface area contributed by atoms with Crippen molar-refractivity contribution in [2.24, 2.45) is 0 Å². The largest absolute Gasteiger partial charge is 0.382 e. The lowest BCUT2D eigenvalue weighted by atomic mass is 10.4. The number of nitrogens with zero attached hydrogens (tertiary/aromatic N) is 3. The number of hydrogen-bond donors (Lipinski definition) is 3. The van der Waals surface area contributed by atoms with Crippen LogP contribution in [0.25, 0.3) is 11.2 Å². The van der Waals surface area contributed by atoms with Crippen molar-refractivity contribution in [3.63, 3.8) is 0 Å². The molecule has 0 fully saturated rings. The fourth-order valence-electron chi connectivity index (χ4n) is 1.82. The van der Waals surface area contributed by atoms with Gasteiger partial charge in [-0.1, -0.05) is 0 Å². The lowest BCUT2D eigenvalue weighted by molar-refractivity contribution is 0.0705. The lowest BCUT2D eigenvalue weighted by Crippen LogP contribution is -2.11. The summed E-state index contributed by atoms with van der Waals surface area (Å²) in [5, 5.41) is 6.39. The maximum atomic E-state index is 5.42.